The molecule has 0 spiro atoms. The maximum Gasteiger partial charge on any atom is 0.268 e. The molecular formula is C20H29N3O. The number of fused-ring (bicyclic) bond motifs is 1. The van der Waals surface area contributed by atoms with E-state index in [1.165, 1.54) is 57.8 Å². The Bertz CT molecular complexity index is 604. The van der Waals surface area contributed by atoms with Gasteiger partial charge in [0.25, 0.3) is 5.91 Å². The summed E-state index contributed by atoms with van der Waals surface area (Å²) >= 11 is 0. The predicted octanol–water partition coefficient (Wildman–Crippen LogP) is 4.97. The number of aromatic amines is 1. The molecule has 24 heavy (non-hydrogen) atoms. The van der Waals surface area contributed by atoms with Gasteiger partial charge in [-0.1, -0.05) is 57.8 Å². The van der Waals surface area contributed by atoms with Crippen LogP contribution >= 0.6 is 0 Å². The van der Waals surface area contributed by atoms with Gasteiger partial charge in [-0.15, -0.1) is 0 Å². The number of H-pyrrole nitrogens is 1. The summed E-state index contributed by atoms with van der Waals surface area (Å²) in [6.45, 7) is 0. The Labute approximate surface area is 144 Å². The summed E-state index contributed by atoms with van der Waals surface area (Å²) in [5, 5.41) is 3.25. The molecule has 0 bridgehead atoms. The molecule has 2 aromatic heterocycles. The Morgan fingerprint density at radius 3 is 2.25 bits per heavy atom. The van der Waals surface area contributed by atoms with E-state index in [9.17, 15) is 4.79 Å². The van der Waals surface area contributed by atoms with Gasteiger partial charge in [-0.3, -0.25) is 9.78 Å². The van der Waals surface area contributed by atoms with E-state index in [0.717, 1.165) is 23.9 Å². The Morgan fingerprint density at radius 2 is 1.62 bits per heavy atom. The van der Waals surface area contributed by atoms with Crippen molar-refractivity contribution in [2.24, 2.45) is 0 Å². The smallest absolute Gasteiger partial charge is 0.268 e. The van der Waals surface area contributed by atoms with Crippen LogP contribution in [0.1, 0.15) is 81.1 Å². The summed E-state index contributed by atoms with van der Waals surface area (Å²) in [5.74, 6) is 0.00472. The molecule has 3 rings (SSSR count). The zero-order valence-electron chi connectivity index (χ0n) is 14.5. The van der Waals surface area contributed by atoms with Gasteiger partial charge in [-0.05, 0) is 31.0 Å². The highest BCUT2D eigenvalue weighted by atomic mass is 16.1. The minimum absolute atomic E-state index is 0.00472. The highest BCUT2D eigenvalue weighted by Gasteiger charge is 2.16. The molecule has 2 N–H and O–H groups in total. The fraction of sp³-hybridized carbons (Fsp3) is 0.600. The monoisotopic (exact) mass is 327 g/mol. The van der Waals surface area contributed by atoms with E-state index in [0.29, 0.717) is 11.7 Å². The number of amides is 1. The molecule has 4 heteroatoms. The van der Waals surface area contributed by atoms with Crippen LogP contribution < -0.4 is 5.32 Å². The van der Waals surface area contributed by atoms with Gasteiger partial charge < -0.3 is 10.3 Å². The Morgan fingerprint density at radius 1 is 1.00 bits per heavy atom. The first-order valence-corrected chi connectivity index (χ1v) is 9.57. The van der Waals surface area contributed by atoms with Crippen LogP contribution in [0.4, 0.5) is 0 Å². The topological polar surface area (TPSA) is 57.8 Å². The van der Waals surface area contributed by atoms with Crippen molar-refractivity contribution in [3.8, 4) is 0 Å². The van der Waals surface area contributed by atoms with Gasteiger partial charge in [0.15, 0.2) is 0 Å². The third kappa shape index (κ3) is 4.83. The van der Waals surface area contributed by atoms with Gasteiger partial charge in [0.1, 0.15) is 5.69 Å². The average molecular weight is 327 g/mol. The Balaban J connectivity index is 1.59. The molecule has 1 fully saturated rings. The summed E-state index contributed by atoms with van der Waals surface area (Å²) in [5.41, 5.74) is 2.39. The first-order chi connectivity index (χ1) is 11.8. The highest BCUT2D eigenvalue weighted by Crippen LogP contribution is 2.18. The molecule has 0 saturated heterocycles. The Kier molecular flexibility index (Phi) is 6.27. The molecule has 1 aliphatic rings. The molecule has 1 amide bonds. The number of carbonyl (C=O) groups is 1. The normalized spacial score (nSPS) is 18.7. The van der Waals surface area contributed by atoms with Crippen molar-refractivity contribution in [1.82, 2.24) is 15.3 Å². The van der Waals surface area contributed by atoms with Crippen molar-refractivity contribution < 1.29 is 4.79 Å². The second-order valence-electron chi connectivity index (χ2n) is 7.05. The number of carbonyl (C=O) groups excluding carboxylic acids is 1. The number of pyridine rings is 1. The number of nitrogens with zero attached hydrogens (tertiary/aromatic N) is 1. The largest absolute Gasteiger partial charge is 0.349 e. The third-order valence-corrected chi connectivity index (χ3v) is 5.07. The lowest BCUT2D eigenvalue weighted by Gasteiger charge is -2.19. The third-order valence-electron chi connectivity index (χ3n) is 5.07. The minimum atomic E-state index is 0.00472. The summed E-state index contributed by atoms with van der Waals surface area (Å²) in [4.78, 5) is 20.1. The van der Waals surface area contributed by atoms with E-state index in [-0.39, 0.29) is 5.91 Å². The first-order valence-electron chi connectivity index (χ1n) is 9.57. The number of hydrogen-bond donors (Lipinski definition) is 2. The van der Waals surface area contributed by atoms with Gasteiger partial charge in [0, 0.05) is 12.2 Å². The lowest BCUT2D eigenvalue weighted by Crippen LogP contribution is -2.35. The minimum Gasteiger partial charge on any atom is -0.349 e. The second kappa shape index (κ2) is 8.86. The highest BCUT2D eigenvalue weighted by molar-refractivity contribution is 5.97. The van der Waals surface area contributed by atoms with Crippen molar-refractivity contribution in [2.45, 2.75) is 76.7 Å². The van der Waals surface area contributed by atoms with E-state index in [1.54, 1.807) is 6.20 Å². The number of hydrogen-bond acceptors (Lipinski definition) is 2. The zero-order valence-corrected chi connectivity index (χ0v) is 14.5. The van der Waals surface area contributed by atoms with Crippen molar-refractivity contribution in [3.05, 3.63) is 30.1 Å². The van der Waals surface area contributed by atoms with Crippen LogP contribution in [0.25, 0.3) is 11.0 Å². The van der Waals surface area contributed by atoms with Crippen LogP contribution in [0.15, 0.2) is 24.4 Å². The van der Waals surface area contributed by atoms with Crippen LogP contribution in [0, 0.1) is 0 Å². The van der Waals surface area contributed by atoms with Crippen LogP contribution in [0.5, 0.6) is 0 Å². The molecular weight excluding hydrogens is 298 g/mol. The van der Waals surface area contributed by atoms with E-state index in [2.05, 4.69) is 15.3 Å². The number of rotatable bonds is 2. The lowest BCUT2D eigenvalue weighted by molar-refractivity contribution is 0.0927. The van der Waals surface area contributed by atoms with Gasteiger partial charge in [0.2, 0.25) is 0 Å². The molecule has 1 saturated carbocycles. The Hall–Kier alpha value is -1.84. The van der Waals surface area contributed by atoms with Gasteiger partial charge >= 0.3 is 0 Å². The fourth-order valence-corrected chi connectivity index (χ4v) is 3.65. The van der Waals surface area contributed by atoms with Crippen molar-refractivity contribution in [2.75, 3.05) is 0 Å². The van der Waals surface area contributed by atoms with E-state index in [4.69, 9.17) is 0 Å². The van der Waals surface area contributed by atoms with Crippen LogP contribution in [-0.2, 0) is 0 Å². The van der Waals surface area contributed by atoms with Crippen LogP contribution in [-0.4, -0.2) is 21.9 Å². The second-order valence-corrected chi connectivity index (χ2v) is 7.05. The predicted molar refractivity (Wildman–Crippen MR) is 98.1 cm³/mol. The van der Waals surface area contributed by atoms with E-state index < -0.39 is 0 Å². The van der Waals surface area contributed by atoms with Crippen LogP contribution in [0.3, 0.4) is 0 Å². The number of nitrogens with one attached hydrogen (secondary N) is 2. The molecule has 1 aliphatic carbocycles. The molecule has 0 aromatic carbocycles. The molecule has 130 valence electrons. The van der Waals surface area contributed by atoms with E-state index in [1.807, 2.05) is 18.2 Å². The van der Waals surface area contributed by atoms with Crippen molar-refractivity contribution in [1.29, 1.82) is 0 Å². The quantitative estimate of drug-likeness (QED) is 0.818. The summed E-state index contributed by atoms with van der Waals surface area (Å²) < 4.78 is 0. The molecule has 2 heterocycles. The molecule has 2 aromatic rings. The van der Waals surface area contributed by atoms with Gasteiger partial charge in [-0.25, -0.2) is 0 Å². The van der Waals surface area contributed by atoms with E-state index >= 15 is 0 Å². The maximum absolute atomic E-state index is 12.6. The summed E-state index contributed by atoms with van der Waals surface area (Å²) in [6.07, 6.45) is 15.8. The maximum atomic E-state index is 12.6. The fourth-order valence-electron chi connectivity index (χ4n) is 3.65. The summed E-state index contributed by atoms with van der Waals surface area (Å²) in [7, 11) is 0. The molecule has 4 nitrogen and oxygen atoms in total. The number of aromatic nitrogens is 2. The SMILES string of the molecule is O=C(NC1CCCCCCCCCCC1)c1cc2ncccc2[nH]1. The zero-order chi connectivity index (χ0) is 16.6. The summed E-state index contributed by atoms with van der Waals surface area (Å²) in [6, 6.07) is 5.99. The van der Waals surface area contributed by atoms with Crippen LogP contribution in [0.2, 0.25) is 0 Å². The molecule has 0 atom stereocenters. The molecule has 0 unspecified atom stereocenters. The van der Waals surface area contributed by atoms with Crippen molar-refractivity contribution in [3.63, 3.8) is 0 Å². The molecule has 0 aliphatic heterocycles. The van der Waals surface area contributed by atoms with Gasteiger partial charge in [0.05, 0.1) is 11.0 Å². The first kappa shape index (κ1) is 17.0. The van der Waals surface area contributed by atoms with Crippen molar-refractivity contribution >= 4 is 16.9 Å². The lowest BCUT2D eigenvalue weighted by atomic mass is 9.98. The molecule has 0 radical (unpaired) electrons. The van der Waals surface area contributed by atoms with Gasteiger partial charge in [-0.2, -0.15) is 0 Å². The average Bonchev–Trinajstić information content (AvgIpc) is 3.01. The standard InChI is InChI=1S/C20H29N3O/c24-20(19-15-18-17(23-19)13-10-14-21-18)22-16-11-8-6-4-2-1-3-5-7-9-12-16/h10,13-16,23H,1-9,11-12H2,(H,22,24).